The molecule has 200 valence electrons. The zero-order chi connectivity index (χ0) is 28.5. The van der Waals surface area contributed by atoms with Crippen LogP contribution in [0.4, 0.5) is 0 Å². The van der Waals surface area contributed by atoms with Crippen LogP contribution in [0.2, 0.25) is 0 Å². The molecular weight excluding hydrogens is 500 g/mol. The molecule has 40 heavy (non-hydrogen) atoms. The summed E-state index contributed by atoms with van der Waals surface area (Å²) in [5.41, 5.74) is 1.63. The standard InChI is InChI=1S/C34H30N2O4/c1-33(2,3)15-35-29(37)21-11-7-17-19-9-13-23-28-24(32(40)36(31(23)39)16-34(4,5)6)14-10-20(26(19)28)18-8-12-22(30(35)38)27(21)25(17)18/h7-14H,15-16H2,1-6H3. The van der Waals surface area contributed by atoms with Crippen molar-refractivity contribution in [3.63, 3.8) is 0 Å². The van der Waals surface area contributed by atoms with Crippen LogP contribution in [0, 0.1) is 10.8 Å². The van der Waals surface area contributed by atoms with Gasteiger partial charge in [-0.25, -0.2) is 0 Å². The number of carbonyl (C=O) groups is 4. The molecule has 2 heterocycles. The van der Waals surface area contributed by atoms with Crippen LogP contribution in [0.15, 0.2) is 48.5 Å². The first kappa shape index (κ1) is 24.7. The molecule has 4 amide bonds. The van der Waals surface area contributed by atoms with E-state index >= 15 is 0 Å². The second-order valence-electron chi connectivity index (χ2n) is 13.7. The van der Waals surface area contributed by atoms with Crippen LogP contribution >= 0.6 is 0 Å². The van der Waals surface area contributed by atoms with Crippen LogP contribution in [-0.4, -0.2) is 46.5 Å². The van der Waals surface area contributed by atoms with Gasteiger partial charge < -0.3 is 0 Å². The Morgan fingerprint density at radius 3 is 0.900 bits per heavy atom. The highest BCUT2D eigenvalue weighted by Crippen LogP contribution is 2.46. The number of amides is 4. The van der Waals surface area contributed by atoms with Crippen molar-refractivity contribution in [2.75, 3.05) is 13.1 Å². The first-order valence-electron chi connectivity index (χ1n) is 13.7. The van der Waals surface area contributed by atoms with Crippen molar-refractivity contribution >= 4 is 66.7 Å². The molecule has 0 unspecified atom stereocenters. The molecule has 2 aliphatic heterocycles. The molecule has 0 radical (unpaired) electrons. The summed E-state index contributed by atoms with van der Waals surface area (Å²) < 4.78 is 0. The van der Waals surface area contributed by atoms with Gasteiger partial charge in [-0.1, -0.05) is 65.8 Å². The van der Waals surface area contributed by atoms with Gasteiger partial charge in [0.1, 0.15) is 0 Å². The maximum Gasteiger partial charge on any atom is 0.261 e. The SMILES string of the molecule is CC(C)(C)CN1C(=O)c2ccc3c4ccc5c6c(ccc(c7ccc(c2c37)C1=O)c64)C(=O)N(CC(C)(C)C)C5=O. The monoisotopic (exact) mass is 530 g/mol. The minimum absolute atomic E-state index is 0.237. The van der Waals surface area contributed by atoms with E-state index in [0.717, 1.165) is 32.3 Å². The fourth-order valence-corrected chi connectivity index (χ4v) is 6.60. The van der Waals surface area contributed by atoms with Gasteiger partial charge in [-0.2, -0.15) is 0 Å². The van der Waals surface area contributed by atoms with Gasteiger partial charge in [-0.05, 0) is 67.4 Å². The molecule has 0 saturated heterocycles. The van der Waals surface area contributed by atoms with Gasteiger partial charge in [0.15, 0.2) is 0 Å². The van der Waals surface area contributed by atoms with Gasteiger partial charge in [0.25, 0.3) is 23.6 Å². The Balaban J connectivity index is 1.54. The van der Waals surface area contributed by atoms with E-state index in [9.17, 15) is 19.2 Å². The van der Waals surface area contributed by atoms with Crippen molar-refractivity contribution in [1.82, 2.24) is 9.80 Å². The second-order valence-corrected chi connectivity index (χ2v) is 13.7. The Bertz CT molecular complexity index is 1740. The molecule has 0 saturated carbocycles. The van der Waals surface area contributed by atoms with Gasteiger partial charge in [-0.3, -0.25) is 29.0 Å². The van der Waals surface area contributed by atoms with Crippen molar-refractivity contribution in [2.45, 2.75) is 41.5 Å². The smallest absolute Gasteiger partial charge is 0.261 e. The van der Waals surface area contributed by atoms with Crippen LogP contribution in [0.3, 0.4) is 0 Å². The lowest BCUT2D eigenvalue weighted by Gasteiger charge is -2.33. The fourth-order valence-electron chi connectivity index (χ4n) is 6.60. The molecule has 0 N–H and O–H groups in total. The van der Waals surface area contributed by atoms with Gasteiger partial charge in [0.05, 0.1) is 0 Å². The molecule has 0 atom stereocenters. The third kappa shape index (κ3) is 3.22. The van der Waals surface area contributed by atoms with Crippen LogP contribution in [-0.2, 0) is 0 Å². The maximum atomic E-state index is 13.6. The number of hydrogen-bond acceptors (Lipinski definition) is 4. The minimum atomic E-state index is -0.276. The quantitative estimate of drug-likeness (QED) is 0.140. The summed E-state index contributed by atoms with van der Waals surface area (Å²) in [6.07, 6.45) is 0. The van der Waals surface area contributed by atoms with Crippen molar-refractivity contribution in [2.24, 2.45) is 10.8 Å². The van der Waals surface area contributed by atoms with E-state index in [0.29, 0.717) is 46.1 Å². The van der Waals surface area contributed by atoms with E-state index in [4.69, 9.17) is 0 Å². The number of hydrogen-bond donors (Lipinski definition) is 0. The molecule has 2 aliphatic rings. The summed E-state index contributed by atoms with van der Waals surface area (Å²) >= 11 is 0. The zero-order valence-electron chi connectivity index (χ0n) is 23.6. The molecule has 7 rings (SSSR count). The Kier molecular flexibility index (Phi) is 4.73. The molecule has 0 bridgehead atoms. The number of rotatable bonds is 2. The Labute approximate surface area is 231 Å². The molecule has 0 spiro atoms. The minimum Gasteiger partial charge on any atom is -0.274 e. The summed E-state index contributed by atoms with van der Waals surface area (Å²) in [7, 11) is 0. The average Bonchev–Trinajstić information content (AvgIpc) is 2.88. The predicted molar refractivity (Wildman–Crippen MR) is 157 cm³/mol. The van der Waals surface area contributed by atoms with Crippen molar-refractivity contribution in [1.29, 1.82) is 0 Å². The van der Waals surface area contributed by atoms with Gasteiger partial charge in [0, 0.05) is 46.1 Å². The highest BCUT2D eigenvalue weighted by molar-refractivity contribution is 6.41. The summed E-state index contributed by atoms with van der Waals surface area (Å²) in [5, 5.41) is 6.68. The van der Waals surface area contributed by atoms with Gasteiger partial charge in [0.2, 0.25) is 0 Å². The normalized spacial score (nSPS) is 16.1. The molecule has 0 aromatic heterocycles. The number of imide groups is 2. The molecular formula is C34H30N2O4. The van der Waals surface area contributed by atoms with Crippen LogP contribution in [0.5, 0.6) is 0 Å². The van der Waals surface area contributed by atoms with Crippen molar-refractivity contribution in [3.8, 4) is 0 Å². The number of nitrogens with zero attached hydrogens (tertiary/aromatic N) is 2. The molecule has 6 heteroatoms. The molecule has 6 nitrogen and oxygen atoms in total. The van der Waals surface area contributed by atoms with Crippen molar-refractivity contribution in [3.05, 3.63) is 70.8 Å². The summed E-state index contributed by atoms with van der Waals surface area (Å²) in [6, 6.07) is 15.0. The van der Waals surface area contributed by atoms with Gasteiger partial charge >= 0.3 is 0 Å². The van der Waals surface area contributed by atoms with E-state index in [1.165, 1.54) is 9.80 Å². The Morgan fingerprint density at radius 2 is 0.675 bits per heavy atom. The Morgan fingerprint density at radius 1 is 0.425 bits per heavy atom. The van der Waals surface area contributed by atoms with Crippen LogP contribution < -0.4 is 0 Å². The lowest BCUT2D eigenvalue weighted by molar-refractivity contribution is 0.0542. The lowest BCUT2D eigenvalue weighted by Crippen LogP contribution is -2.44. The van der Waals surface area contributed by atoms with Crippen molar-refractivity contribution < 1.29 is 19.2 Å². The van der Waals surface area contributed by atoms with Crippen LogP contribution in [0.25, 0.3) is 43.1 Å². The summed E-state index contributed by atoms with van der Waals surface area (Å²) in [6.45, 7) is 12.7. The third-order valence-electron chi connectivity index (χ3n) is 8.07. The second kappa shape index (κ2) is 7.66. The highest BCUT2D eigenvalue weighted by atomic mass is 16.2. The number of carbonyl (C=O) groups excluding carboxylic acids is 4. The van der Waals surface area contributed by atoms with Crippen LogP contribution in [0.1, 0.15) is 83.0 Å². The summed E-state index contributed by atoms with van der Waals surface area (Å²) in [4.78, 5) is 57.2. The fraction of sp³-hybridized carbons (Fsp3) is 0.294. The Hall–Kier alpha value is -4.32. The molecule has 0 fully saturated rings. The lowest BCUT2D eigenvalue weighted by atomic mass is 9.81. The van der Waals surface area contributed by atoms with Gasteiger partial charge in [-0.15, -0.1) is 0 Å². The predicted octanol–water partition coefficient (Wildman–Crippen LogP) is 7.02. The largest absolute Gasteiger partial charge is 0.274 e. The first-order valence-corrected chi connectivity index (χ1v) is 13.7. The zero-order valence-corrected chi connectivity index (χ0v) is 23.6. The topological polar surface area (TPSA) is 74.8 Å². The molecule has 5 aromatic carbocycles. The molecule has 5 aromatic rings. The average molecular weight is 531 g/mol. The van der Waals surface area contributed by atoms with E-state index in [-0.39, 0.29) is 34.5 Å². The highest BCUT2D eigenvalue weighted by Gasteiger charge is 2.38. The van der Waals surface area contributed by atoms with E-state index in [1.54, 1.807) is 0 Å². The van der Waals surface area contributed by atoms with E-state index in [1.807, 2.05) is 90.1 Å². The molecule has 0 aliphatic carbocycles. The third-order valence-corrected chi connectivity index (χ3v) is 8.07. The maximum absolute atomic E-state index is 13.6. The first-order chi connectivity index (χ1) is 18.8. The summed E-state index contributed by atoms with van der Waals surface area (Å²) in [5.74, 6) is -1.10. The number of benzene rings is 5. The number of fused-ring (bicyclic) bond motifs is 2. The van der Waals surface area contributed by atoms with E-state index in [2.05, 4.69) is 0 Å². The van der Waals surface area contributed by atoms with E-state index < -0.39 is 0 Å².